The molecule has 0 radical (unpaired) electrons. The lowest BCUT2D eigenvalue weighted by atomic mass is 9.83. The average molecular weight is 433 g/mol. The van der Waals surface area contributed by atoms with Crippen LogP contribution in [0.3, 0.4) is 0 Å². The third kappa shape index (κ3) is 5.35. The minimum absolute atomic E-state index is 0.0235. The number of hydrogen-bond donors (Lipinski definition) is 1. The predicted octanol–water partition coefficient (Wildman–Crippen LogP) is 5.39. The highest BCUT2D eigenvalue weighted by Gasteiger charge is 2.32. The molecule has 0 saturated carbocycles. The number of amides is 1. The molecule has 3 aromatic rings. The molecule has 5 heteroatoms. The highest BCUT2D eigenvalue weighted by molar-refractivity contribution is 5.92. The van der Waals surface area contributed by atoms with Crippen LogP contribution in [-0.4, -0.2) is 31.0 Å². The van der Waals surface area contributed by atoms with Crippen molar-refractivity contribution in [1.82, 2.24) is 4.90 Å². The van der Waals surface area contributed by atoms with Crippen molar-refractivity contribution < 1.29 is 13.9 Å². The van der Waals surface area contributed by atoms with Gasteiger partial charge in [0.2, 0.25) is 5.91 Å². The summed E-state index contributed by atoms with van der Waals surface area (Å²) in [5.41, 5.74) is 3.66. The van der Waals surface area contributed by atoms with Crippen LogP contribution in [0.1, 0.15) is 29.0 Å². The predicted molar refractivity (Wildman–Crippen MR) is 125 cm³/mol. The summed E-state index contributed by atoms with van der Waals surface area (Å²) < 4.78 is 19.2. The van der Waals surface area contributed by atoms with E-state index in [9.17, 15) is 9.18 Å². The number of methoxy groups -OCH3 is 1. The van der Waals surface area contributed by atoms with Crippen LogP contribution >= 0.6 is 0 Å². The fourth-order valence-corrected chi connectivity index (χ4v) is 4.47. The molecular formula is C27H29FN2O2. The number of hydrogen-bond acceptors (Lipinski definition) is 3. The maximum atomic E-state index is 13.9. The molecule has 1 amide bonds. The first-order valence-electron chi connectivity index (χ1n) is 11.0. The zero-order valence-electron chi connectivity index (χ0n) is 18.6. The maximum absolute atomic E-state index is 13.9. The van der Waals surface area contributed by atoms with Crippen molar-refractivity contribution in [3.8, 4) is 5.75 Å². The second-order valence-corrected chi connectivity index (χ2v) is 8.54. The molecule has 3 aromatic carbocycles. The zero-order valence-corrected chi connectivity index (χ0v) is 18.6. The Hall–Kier alpha value is -3.18. The molecular weight excluding hydrogens is 403 g/mol. The average Bonchev–Trinajstić information content (AvgIpc) is 2.81. The molecule has 2 unspecified atom stereocenters. The molecule has 4 nitrogen and oxygen atoms in total. The lowest BCUT2D eigenvalue weighted by molar-refractivity contribution is -0.121. The molecule has 1 aliphatic rings. The van der Waals surface area contributed by atoms with Crippen molar-refractivity contribution in [3.63, 3.8) is 0 Å². The Morgan fingerprint density at radius 2 is 1.88 bits per heavy atom. The van der Waals surface area contributed by atoms with Crippen molar-refractivity contribution in [1.29, 1.82) is 0 Å². The van der Waals surface area contributed by atoms with Crippen LogP contribution < -0.4 is 10.1 Å². The molecule has 1 aliphatic heterocycles. The van der Waals surface area contributed by atoms with Gasteiger partial charge in [0, 0.05) is 25.3 Å². The fourth-order valence-electron chi connectivity index (χ4n) is 4.47. The van der Waals surface area contributed by atoms with E-state index in [4.69, 9.17) is 4.74 Å². The highest BCUT2D eigenvalue weighted by Crippen LogP contribution is 2.33. The molecule has 1 N–H and O–H groups in total. The van der Waals surface area contributed by atoms with Crippen LogP contribution in [0.15, 0.2) is 72.8 Å². The number of nitrogens with zero attached hydrogens (tertiary/aromatic N) is 1. The summed E-state index contributed by atoms with van der Waals surface area (Å²) in [6.07, 6.45) is 0.734. The number of likely N-dealkylation sites (tertiary alicyclic amines) is 1. The third-order valence-electron chi connectivity index (χ3n) is 6.13. The standard InChI is InChI=1S/C27H29FN2O2/c1-19-13-21(11-12-26(19)28)22-15-23(27(31)29-24-8-4-3-5-9-24)18-30(17-22)16-20-7-6-10-25(14-20)32-2/h3-14,22-23H,15-18H2,1-2H3,(H,29,31). The van der Waals surface area contributed by atoms with Gasteiger partial charge in [-0.3, -0.25) is 9.69 Å². The third-order valence-corrected chi connectivity index (χ3v) is 6.13. The van der Waals surface area contributed by atoms with Crippen molar-refractivity contribution >= 4 is 11.6 Å². The smallest absolute Gasteiger partial charge is 0.228 e. The quantitative estimate of drug-likeness (QED) is 0.568. The normalized spacial score (nSPS) is 18.8. The molecule has 0 aliphatic carbocycles. The molecule has 1 saturated heterocycles. The second kappa shape index (κ2) is 9.96. The topological polar surface area (TPSA) is 41.6 Å². The number of anilines is 1. The first-order chi connectivity index (χ1) is 15.5. The van der Waals surface area contributed by atoms with Crippen molar-refractivity contribution in [2.75, 3.05) is 25.5 Å². The summed E-state index contributed by atoms with van der Waals surface area (Å²) >= 11 is 0. The van der Waals surface area contributed by atoms with Gasteiger partial charge in [0.05, 0.1) is 13.0 Å². The maximum Gasteiger partial charge on any atom is 0.228 e. The number of ether oxygens (including phenoxy) is 1. The number of benzene rings is 3. The largest absolute Gasteiger partial charge is 0.497 e. The number of piperidine rings is 1. The molecule has 1 heterocycles. The number of nitrogens with one attached hydrogen (secondary N) is 1. The van der Waals surface area contributed by atoms with E-state index in [1.54, 1.807) is 14.0 Å². The Bertz CT molecular complexity index is 1070. The highest BCUT2D eigenvalue weighted by atomic mass is 19.1. The van der Waals surface area contributed by atoms with Gasteiger partial charge in [-0.25, -0.2) is 4.39 Å². The second-order valence-electron chi connectivity index (χ2n) is 8.54. The Labute approximate surface area is 189 Å². The fraction of sp³-hybridized carbons (Fsp3) is 0.296. The van der Waals surface area contributed by atoms with Gasteiger partial charge in [-0.1, -0.05) is 42.5 Å². The van der Waals surface area contributed by atoms with Crippen molar-refractivity contribution in [3.05, 3.63) is 95.3 Å². The monoisotopic (exact) mass is 432 g/mol. The van der Waals surface area contributed by atoms with E-state index in [-0.39, 0.29) is 23.6 Å². The summed E-state index contributed by atoms with van der Waals surface area (Å²) in [4.78, 5) is 15.5. The van der Waals surface area contributed by atoms with E-state index in [0.717, 1.165) is 42.1 Å². The van der Waals surface area contributed by atoms with E-state index in [1.165, 1.54) is 6.07 Å². The Balaban J connectivity index is 1.56. The molecule has 0 spiro atoms. The summed E-state index contributed by atoms with van der Waals surface area (Å²) in [7, 11) is 1.66. The Morgan fingerprint density at radius 3 is 2.62 bits per heavy atom. The van der Waals surface area contributed by atoms with Crippen LogP contribution in [-0.2, 0) is 11.3 Å². The number of aryl methyl sites for hydroxylation is 1. The van der Waals surface area contributed by atoms with Gasteiger partial charge < -0.3 is 10.1 Å². The van der Waals surface area contributed by atoms with Gasteiger partial charge in [-0.15, -0.1) is 0 Å². The van der Waals surface area contributed by atoms with E-state index in [0.29, 0.717) is 12.1 Å². The van der Waals surface area contributed by atoms with E-state index in [2.05, 4.69) is 16.3 Å². The minimum atomic E-state index is -0.198. The molecule has 32 heavy (non-hydrogen) atoms. The van der Waals surface area contributed by atoms with Crippen LogP contribution in [0, 0.1) is 18.7 Å². The summed E-state index contributed by atoms with van der Waals surface area (Å²) in [6, 6.07) is 22.9. The van der Waals surface area contributed by atoms with Crippen LogP contribution in [0.2, 0.25) is 0 Å². The number of carbonyl (C=O) groups is 1. The molecule has 4 rings (SSSR count). The summed E-state index contributed by atoms with van der Waals surface area (Å²) in [5.74, 6) is 0.639. The van der Waals surface area contributed by atoms with E-state index < -0.39 is 0 Å². The van der Waals surface area contributed by atoms with E-state index >= 15 is 0 Å². The van der Waals surface area contributed by atoms with Gasteiger partial charge in [0.25, 0.3) is 0 Å². The SMILES string of the molecule is COc1cccc(CN2CC(C(=O)Nc3ccccc3)CC(c3ccc(F)c(C)c3)C2)c1. The van der Waals surface area contributed by atoms with E-state index in [1.807, 2.05) is 60.7 Å². The van der Waals surface area contributed by atoms with Gasteiger partial charge in [0.15, 0.2) is 0 Å². The number of halogens is 1. The number of para-hydroxylation sites is 1. The Kier molecular flexibility index (Phi) is 6.86. The molecule has 0 bridgehead atoms. The lowest BCUT2D eigenvalue weighted by Gasteiger charge is -2.37. The first kappa shape index (κ1) is 22.0. The van der Waals surface area contributed by atoms with Crippen LogP contribution in [0.4, 0.5) is 10.1 Å². The van der Waals surface area contributed by atoms with Gasteiger partial charge >= 0.3 is 0 Å². The number of carbonyl (C=O) groups excluding carboxylic acids is 1. The van der Waals surface area contributed by atoms with Crippen LogP contribution in [0.25, 0.3) is 0 Å². The molecule has 1 fully saturated rings. The summed E-state index contributed by atoms with van der Waals surface area (Å²) in [6.45, 7) is 4.00. The molecule has 0 aromatic heterocycles. The zero-order chi connectivity index (χ0) is 22.5. The lowest BCUT2D eigenvalue weighted by Crippen LogP contribution is -2.43. The summed E-state index contributed by atoms with van der Waals surface area (Å²) in [5, 5.41) is 3.06. The van der Waals surface area contributed by atoms with Crippen molar-refractivity contribution in [2.24, 2.45) is 5.92 Å². The van der Waals surface area contributed by atoms with Crippen molar-refractivity contribution in [2.45, 2.75) is 25.8 Å². The Morgan fingerprint density at radius 1 is 1.06 bits per heavy atom. The molecule has 2 atom stereocenters. The number of rotatable bonds is 6. The van der Waals surface area contributed by atoms with Gasteiger partial charge in [0.1, 0.15) is 11.6 Å². The van der Waals surface area contributed by atoms with Gasteiger partial charge in [-0.2, -0.15) is 0 Å². The minimum Gasteiger partial charge on any atom is -0.497 e. The first-order valence-corrected chi connectivity index (χ1v) is 11.0. The van der Waals surface area contributed by atoms with Gasteiger partial charge in [-0.05, 0) is 66.3 Å². The molecule has 166 valence electrons. The van der Waals surface area contributed by atoms with Crippen LogP contribution in [0.5, 0.6) is 5.75 Å².